The van der Waals surface area contributed by atoms with E-state index in [1.807, 2.05) is 0 Å². The van der Waals surface area contributed by atoms with E-state index < -0.39 is 19.4 Å². The van der Waals surface area contributed by atoms with Gasteiger partial charge >= 0.3 is 0 Å². The number of hydrogen-bond acceptors (Lipinski definition) is 5. The van der Waals surface area contributed by atoms with Crippen molar-refractivity contribution in [1.29, 1.82) is 0 Å². The van der Waals surface area contributed by atoms with Gasteiger partial charge < -0.3 is 14.8 Å². The Hall–Kier alpha value is -2.51. The molecule has 1 saturated carbocycles. The molecule has 0 saturated heterocycles. The summed E-state index contributed by atoms with van der Waals surface area (Å²) in [5, 5.41) is 5.01. The molecule has 2 aliphatic rings. The van der Waals surface area contributed by atoms with Crippen LogP contribution in [0.5, 0.6) is 0 Å². The molecule has 3 aromatic rings. The number of nitrogens with two attached hydrogens (primary N) is 1. The Kier molecular flexibility index (Phi) is 3.70. The van der Waals surface area contributed by atoms with Crippen molar-refractivity contribution < 1.29 is 13.3 Å². The molecular weight excluding hydrogens is 352 g/mol. The van der Waals surface area contributed by atoms with E-state index in [4.69, 9.17) is 10.3 Å². The highest BCUT2D eigenvalue weighted by Crippen LogP contribution is 2.51. The average molecular weight is 373 g/mol. The third kappa shape index (κ3) is 2.31. The zero-order valence-electron chi connectivity index (χ0n) is 15.1. The minimum absolute atomic E-state index is 0.248. The molecule has 2 N–H and O–H groups in total. The highest BCUT2D eigenvalue weighted by molar-refractivity contribution is 6.02. The first kappa shape index (κ1) is 16.6. The SMILES string of the molecule is CC1CCc2c(c3c(N)ncnc3n2C(CF)CF)-c2noc(C3CC3)c21. The maximum atomic E-state index is 13.6. The topological polar surface area (TPSA) is 82.8 Å². The highest BCUT2D eigenvalue weighted by atomic mass is 19.1. The quantitative estimate of drug-likeness (QED) is 0.745. The smallest absolute Gasteiger partial charge is 0.146 e. The fourth-order valence-corrected chi connectivity index (χ4v) is 4.38. The average Bonchev–Trinajstić information content (AvgIpc) is 3.36. The minimum Gasteiger partial charge on any atom is -0.383 e. The van der Waals surface area contributed by atoms with Crippen molar-refractivity contribution in [1.82, 2.24) is 19.7 Å². The number of nitrogens with zero attached hydrogens (tertiary/aromatic N) is 4. The standard InChI is InChI=1S/C19H21F2N5O/c1-9-2-5-12-14(16-13(9)17(27-25-16)10-3-4-10)15-18(22)23-8-24-19(15)26(12)11(6-20)7-21/h8-11H,2-7H2,1H3,(H2,22,23,24). The second kappa shape index (κ2) is 6.00. The number of fused-ring (bicyclic) bond motifs is 5. The molecule has 142 valence electrons. The Balaban J connectivity index is 1.87. The molecule has 1 fully saturated rings. The third-order valence-corrected chi connectivity index (χ3v) is 5.88. The van der Waals surface area contributed by atoms with E-state index >= 15 is 0 Å². The van der Waals surface area contributed by atoms with E-state index in [2.05, 4.69) is 22.0 Å². The lowest BCUT2D eigenvalue weighted by Gasteiger charge is -2.17. The molecule has 1 unspecified atom stereocenters. The molecule has 0 aliphatic heterocycles. The molecule has 0 amide bonds. The maximum absolute atomic E-state index is 13.6. The number of alkyl halides is 2. The first-order valence-corrected chi connectivity index (χ1v) is 9.40. The number of aromatic nitrogens is 4. The van der Waals surface area contributed by atoms with Crippen LogP contribution in [-0.4, -0.2) is 33.0 Å². The largest absolute Gasteiger partial charge is 0.383 e. The summed E-state index contributed by atoms with van der Waals surface area (Å²) in [6, 6.07) is -0.933. The Labute approximate surface area is 154 Å². The fraction of sp³-hybridized carbons (Fsp3) is 0.526. The molecule has 27 heavy (non-hydrogen) atoms. The predicted molar refractivity (Wildman–Crippen MR) is 97.1 cm³/mol. The molecule has 0 aromatic carbocycles. The first-order chi connectivity index (χ1) is 13.2. The lowest BCUT2D eigenvalue weighted by molar-refractivity contribution is 0.288. The summed E-state index contributed by atoms with van der Waals surface area (Å²) < 4.78 is 34.7. The van der Waals surface area contributed by atoms with Crippen molar-refractivity contribution in [3.8, 4) is 11.3 Å². The number of halogens is 2. The summed E-state index contributed by atoms with van der Waals surface area (Å²) in [6.45, 7) is 0.526. The lowest BCUT2D eigenvalue weighted by Crippen LogP contribution is -2.16. The highest BCUT2D eigenvalue weighted by Gasteiger charge is 2.38. The molecular formula is C19H21F2N5O. The van der Waals surface area contributed by atoms with Crippen LogP contribution in [-0.2, 0) is 6.42 Å². The summed E-state index contributed by atoms with van der Waals surface area (Å²) in [5.41, 5.74) is 10.1. The molecule has 0 bridgehead atoms. The number of rotatable bonds is 4. The minimum atomic E-state index is -0.933. The molecule has 8 heteroatoms. The van der Waals surface area contributed by atoms with Gasteiger partial charge in [0.2, 0.25) is 0 Å². The van der Waals surface area contributed by atoms with Crippen molar-refractivity contribution >= 4 is 16.9 Å². The van der Waals surface area contributed by atoms with Gasteiger partial charge in [-0.3, -0.25) is 0 Å². The van der Waals surface area contributed by atoms with Gasteiger partial charge in [0.25, 0.3) is 0 Å². The normalized spacial score (nSPS) is 19.3. The summed E-state index contributed by atoms with van der Waals surface area (Å²) in [7, 11) is 0. The van der Waals surface area contributed by atoms with E-state index in [-0.39, 0.29) is 5.92 Å². The van der Waals surface area contributed by atoms with E-state index in [1.54, 1.807) is 4.57 Å². The van der Waals surface area contributed by atoms with Gasteiger partial charge in [0.05, 0.1) is 11.4 Å². The predicted octanol–water partition coefficient (Wildman–Crippen LogP) is 4.08. The zero-order valence-corrected chi connectivity index (χ0v) is 15.1. The van der Waals surface area contributed by atoms with Gasteiger partial charge in [0, 0.05) is 22.7 Å². The first-order valence-electron chi connectivity index (χ1n) is 9.40. The molecule has 2 aliphatic carbocycles. The summed E-state index contributed by atoms with van der Waals surface area (Å²) in [6.07, 6.45) is 5.07. The molecule has 0 spiro atoms. The van der Waals surface area contributed by atoms with Gasteiger partial charge in [0.15, 0.2) is 0 Å². The van der Waals surface area contributed by atoms with E-state index in [0.717, 1.165) is 47.5 Å². The third-order valence-electron chi connectivity index (χ3n) is 5.88. The number of anilines is 1. The van der Waals surface area contributed by atoms with Gasteiger partial charge in [-0.2, -0.15) is 0 Å². The van der Waals surface area contributed by atoms with E-state index in [9.17, 15) is 8.78 Å². The van der Waals surface area contributed by atoms with Crippen LogP contribution in [0.3, 0.4) is 0 Å². The Bertz CT molecular complexity index is 1020. The molecule has 3 aromatic heterocycles. The van der Waals surface area contributed by atoms with Crippen LogP contribution >= 0.6 is 0 Å². The monoisotopic (exact) mass is 373 g/mol. The fourth-order valence-electron chi connectivity index (χ4n) is 4.38. The van der Waals surface area contributed by atoms with Crippen LogP contribution < -0.4 is 5.73 Å². The zero-order chi connectivity index (χ0) is 18.7. The van der Waals surface area contributed by atoms with E-state index in [0.29, 0.717) is 29.2 Å². The molecule has 1 atom stereocenters. The van der Waals surface area contributed by atoms with E-state index in [1.165, 1.54) is 6.33 Å². The van der Waals surface area contributed by atoms with Crippen LogP contribution in [0.15, 0.2) is 10.9 Å². The molecule has 5 rings (SSSR count). The molecule has 6 nitrogen and oxygen atoms in total. The van der Waals surface area contributed by atoms with Gasteiger partial charge in [0.1, 0.15) is 42.6 Å². The summed E-state index contributed by atoms with van der Waals surface area (Å²) in [4.78, 5) is 8.44. The number of nitrogen functional groups attached to an aromatic ring is 1. The number of hydrogen-bond donors (Lipinski definition) is 1. The van der Waals surface area contributed by atoms with Gasteiger partial charge in [-0.15, -0.1) is 0 Å². The van der Waals surface area contributed by atoms with Gasteiger partial charge in [-0.25, -0.2) is 18.7 Å². The Morgan fingerprint density at radius 1 is 1.26 bits per heavy atom. The van der Waals surface area contributed by atoms with Crippen LogP contribution in [0.4, 0.5) is 14.6 Å². The Morgan fingerprint density at radius 3 is 2.74 bits per heavy atom. The van der Waals surface area contributed by atoms with Crippen LogP contribution in [0.2, 0.25) is 0 Å². The Morgan fingerprint density at radius 2 is 2.04 bits per heavy atom. The van der Waals surface area contributed by atoms with Crippen LogP contribution in [0.25, 0.3) is 22.3 Å². The van der Waals surface area contributed by atoms with Crippen LogP contribution in [0, 0.1) is 0 Å². The lowest BCUT2D eigenvalue weighted by atomic mass is 9.94. The maximum Gasteiger partial charge on any atom is 0.146 e. The second-order valence-corrected chi connectivity index (χ2v) is 7.63. The second-order valence-electron chi connectivity index (χ2n) is 7.63. The van der Waals surface area contributed by atoms with Crippen molar-refractivity contribution in [3.05, 3.63) is 23.3 Å². The van der Waals surface area contributed by atoms with Gasteiger partial charge in [-0.05, 0) is 31.6 Å². The van der Waals surface area contributed by atoms with Gasteiger partial charge in [-0.1, -0.05) is 12.1 Å². The van der Waals surface area contributed by atoms with Crippen molar-refractivity contribution in [3.63, 3.8) is 0 Å². The van der Waals surface area contributed by atoms with Crippen molar-refractivity contribution in [2.75, 3.05) is 19.1 Å². The van der Waals surface area contributed by atoms with Crippen molar-refractivity contribution in [2.45, 2.75) is 50.5 Å². The summed E-state index contributed by atoms with van der Waals surface area (Å²) >= 11 is 0. The summed E-state index contributed by atoms with van der Waals surface area (Å²) in [5.74, 6) is 1.92. The van der Waals surface area contributed by atoms with Crippen LogP contribution in [0.1, 0.15) is 61.1 Å². The van der Waals surface area contributed by atoms with Crippen molar-refractivity contribution in [2.24, 2.45) is 0 Å². The molecule has 3 heterocycles. The molecule has 0 radical (unpaired) electrons.